The molecule has 3 N–H and O–H groups in total. The van der Waals surface area contributed by atoms with E-state index in [0.717, 1.165) is 0 Å². The van der Waals surface area contributed by atoms with E-state index in [-0.39, 0.29) is 12.6 Å². The van der Waals surface area contributed by atoms with Crippen LogP contribution in [-0.4, -0.2) is 39.6 Å². The highest BCUT2D eigenvalue weighted by atomic mass is 16.6. The van der Waals surface area contributed by atoms with Crippen LogP contribution in [-0.2, 0) is 11.3 Å². The van der Waals surface area contributed by atoms with Crippen LogP contribution in [0.25, 0.3) is 0 Å². The highest BCUT2D eigenvalue weighted by molar-refractivity contribution is 5.88. The molecule has 0 aliphatic carbocycles. The zero-order chi connectivity index (χ0) is 19.3. The summed E-state index contributed by atoms with van der Waals surface area (Å²) in [6.45, 7) is 14.1. The van der Waals surface area contributed by atoms with Crippen LogP contribution in [0.15, 0.2) is 12.3 Å². The van der Waals surface area contributed by atoms with Gasteiger partial charge < -0.3 is 15.4 Å². The smallest absolute Gasteiger partial charge is 0.407 e. The summed E-state index contributed by atoms with van der Waals surface area (Å²) in [7, 11) is 0. The quantitative estimate of drug-likeness (QED) is 0.732. The summed E-state index contributed by atoms with van der Waals surface area (Å²) in [5.74, 6) is 1.04. The van der Waals surface area contributed by atoms with Crippen LogP contribution in [0.4, 0.5) is 15.4 Å². The van der Waals surface area contributed by atoms with Gasteiger partial charge in [0.2, 0.25) is 0 Å². The zero-order valence-corrected chi connectivity index (χ0v) is 16.3. The highest BCUT2D eigenvalue weighted by Gasteiger charge is 2.24. The van der Waals surface area contributed by atoms with Crippen molar-refractivity contribution in [3.63, 3.8) is 0 Å². The number of hydrogen-bond acceptors (Lipinski definition) is 4. The van der Waals surface area contributed by atoms with Gasteiger partial charge in [-0.3, -0.25) is 5.32 Å². The Morgan fingerprint density at radius 3 is 2.44 bits per heavy atom. The Morgan fingerprint density at radius 1 is 1.24 bits per heavy atom. The van der Waals surface area contributed by atoms with Gasteiger partial charge in [-0.1, -0.05) is 13.8 Å². The van der Waals surface area contributed by atoms with Gasteiger partial charge >= 0.3 is 12.1 Å². The monoisotopic (exact) mass is 353 g/mol. The molecule has 0 radical (unpaired) electrons. The number of carbonyl (C=O) groups is 2. The van der Waals surface area contributed by atoms with E-state index in [1.54, 1.807) is 37.7 Å². The lowest BCUT2D eigenvalue weighted by molar-refractivity contribution is 0.0514. The first-order chi connectivity index (χ1) is 11.4. The van der Waals surface area contributed by atoms with E-state index in [9.17, 15) is 9.59 Å². The number of ether oxygens (including phenoxy) is 1. The van der Waals surface area contributed by atoms with Gasteiger partial charge in [0.05, 0.1) is 11.7 Å². The standard InChI is InChI=1S/C17H31N5O3/c1-12(2)10-22-13(8-9-19-22)20-14(23)21-17(6,7)11-18-15(24)25-16(3,4)5/h8-9,12H,10-11H2,1-7H3,(H,18,24)(H2,20,21,23). The number of urea groups is 1. The van der Waals surface area contributed by atoms with Gasteiger partial charge in [0, 0.05) is 19.2 Å². The molecular weight excluding hydrogens is 322 g/mol. The SMILES string of the molecule is CC(C)Cn1nccc1NC(=O)NC(C)(C)CNC(=O)OC(C)(C)C. The van der Waals surface area contributed by atoms with Crippen molar-refractivity contribution < 1.29 is 14.3 Å². The van der Waals surface area contributed by atoms with Gasteiger partial charge in [0.25, 0.3) is 0 Å². The molecule has 1 aromatic rings. The largest absolute Gasteiger partial charge is 0.444 e. The summed E-state index contributed by atoms with van der Waals surface area (Å²) < 4.78 is 6.93. The Morgan fingerprint density at radius 2 is 1.88 bits per heavy atom. The number of nitrogens with zero attached hydrogens (tertiary/aromatic N) is 2. The van der Waals surface area contributed by atoms with Crippen LogP contribution >= 0.6 is 0 Å². The van der Waals surface area contributed by atoms with Gasteiger partial charge in [0.15, 0.2) is 0 Å². The molecule has 0 aliphatic rings. The molecule has 1 heterocycles. The number of amides is 3. The Bertz CT molecular complexity index is 587. The Labute approximate surface area is 149 Å². The molecule has 0 unspecified atom stereocenters. The number of rotatable bonds is 6. The topological polar surface area (TPSA) is 97.3 Å². The molecule has 0 saturated heterocycles. The summed E-state index contributed by atoms with van der Waals surface area (Å²) in [4.78, 5) is 24.0. The minimum absolute atomic E-state index is 0.237. The maximum atomic E-state index is 12.2. The van der Waals surface area contributed by atoms with E-state index in [2.05, 4.69) is 34.9 Å². The molecule has 8 nitrogen and oxygen atoms in total. The fraction of sp³-hybridized carbons (Fsp3) is 0.706. The van der Waals surface area contributed by atoms with Gasteiger partial charge in [-0.05, 0) is 40.5 Å². The second-order valence-corrected chi connectivity index (χ2v) is 8.11. The van der Waals surface area contributed by atoms with E-state index in [4.69, 9.17) is 4.74 Å². The molecule has 0 atom stereocenters. The predicted molar refractivity (Wildman–Crippen MR) is 97.5 cm³/mol. The van der Waals surface area contributed by atoms with E-state index in [1.807, 2.05) is 13.8 Å². The van der Waals surface area contributed by atoms with E-state index in [0.29, 0.717) is 18.3 Å². The van der Waals surface area contributed by atoms with Crippen LogP contribution in [0, 0.1) is 5.92 Å². The molecule has 0 fully saturated rings. The third-order valence-electron chi connectivity index (χ3n) is 3.02. The van der Waals surface area contributed by atoms with E-state index < -0.39 is 17.2 Å². The third kappa shape index (κ3) is 8.42. The maximum absolute atomic E-state index is 12.2. The summed E-state index contributed by atoms with van der Waals surface area (Å²) in [6, 6.07) is 1.38. The second-order valence-electron chi connectivity index (χ2n) is 8.11. The first kappa shape index (κ1) is 20.8. The number of nitrogens with one attached hydrogen (secondary N) is 3. The summed E-state index contributed by atoms with van der Waals surface area (Å²) in [5, 5.41) is 12.5. The molecule has 8 heteroatoms. The van der Waals surface area contributed by atoms with Crippen molar-refractivity contribution in [1.82, 2.24) is 20.4 Å². The van der Waals surface area contributed by atoms with Crippen molar-refractivity contribution in [3.8, 4) is 0 Å². The summed E-state index contributed by atoms with van der Waals surface area (Å²) in [6.07, 6.45) is 1.13. The van der Waals surface area contributed by atoms with Gasteiger partial charge in [-0.15, -0.1) is 0 Å². The normalized spacial score (nSPS) is 12.0. The number of anilines is 1. The van der Waals surface area contributed by atoms with Gasteiger partial charge in [-0.25, -0.2) is 14.3 Å². The maximum Gasteiger partial charge on any atom is 0.407 e. The fourth-order valence-electron chi connectivity index (χ4n) is 2.04. The zero-order valence-electron chi connectivity index (χ0n) is 16.3. The highest BCUT2D eigenvalue weighted by Crippen LogP contribution is 2.10. The molecule has 1 rings (SSSR count). The van der Waals surface area contributed by atoms with Crippen LogP contribution in [0.2, 0.25) is 0 Å². The second kappa shape index (κ2) is 8.22. The molecule has 0 saturated carbocycles. The van der Waals surface area contributed by atoms with Crippen LogP contribution in [0.1, 0.15) is 48.5 Å². The molecule has 142 valence electrons. The molecule has 0 aliphatic heterocycles. The minimum Gasteiger partial charge on any atom is -0.444 e. The lowest BCUT2D eigenvalue weighted by atomic mass is 10.1. The summed E-state index contributed by atoms with van der Waals surface area (Å²) >= 11 is 0. The van der Waals surface area contributed by atoms with Crippen molar-refractivity contribution in [2.45, 2.75) is 66.2 Å². The molecule has 1 aromatic heterocycles. The molecule has 0 bridgehead atoms. The number of aromatic nitrogens is 2. The van der Waals surface area contributed by atoms with Crippen molar-refractivity contribution in [3.05, 3.63) is 12.3 Å². The predicted octanol–water partition coefficient (Wildman–Crippen LogP) is 2.96. The van der Waals surface area contributed by atoms with E-state index in [1.165, 1.54) is 0 Å². The Balaban J connectivity index is 2.52. The molecule has 0 spiro atoms. The van der Waals surface area contributed by atoms with Crippen LogP contribution in [0.3, 0.4) is 0 Å². The molecular formula is C17H31N5O3. The van der Waals surface area contributed by atoms with Crippen molar-refractivity contribution in [2.24, 2.45) is 5.92 Å². The molecule has 3 amide bonds. The lowest BCUT2D eigenvalue weighted by Crippen LogP contribution is -2.53. The van der Waals surface area contributed by atoms with Gasteiger partial charge in [0.1, 0.15) is 11.4 Å². The minimum atomic E-state index is -0.649. The fourth-order valence-corrected chi connectivity index (χ4v) is 2.04. The summed E-state index contributed by atoms with van der Waals surface area (Å²) in [5.41, 5.74) is -1.21. The number of hydrogen-bond donors (Lipinski definition) is 3. The average molecular weight is 353 g/mol. The Kier molecular flexibility index (Phi) is 6.84. The van der Waals surface area contributed by atoms with Crippen molar-refractivity contribution in [1.29, 1.82) is 0 Å². The molecule has 0 aromatic carbocycles. The first-order valence-electron chi connectivity index (χ1n) is 8.46. The average Bonchev–Trinajstić information content (AvgIpc) is 2.80. The van der Waals surface area contributed by atoms with E-state index >= 15 is 0 Å². The third-order valence-corrected chi connectivity index (χ3v) is 3.02. The molecule has 25 heavy (non-hydrogen) atoms. The Hall–Kier alpha value is -2.25. The van der Waals surface area contributed by atoms with Crippen LogP contribution in [0.5, 0.6) is 0 Å². The lowest BCUT2D eigenvalue weighted by Gasteiger charge is -2.28. The number of carbonyl (C=O) groups excluding carboxylic acids is 2. The number of alkyl carbamates (subject to hydrolysis) is 1. The van der Waals surface area contributed by atoms with Gasteiger partial charge in [-0.2, -0.15) is 5.10 Å². The van der Waals surface area contributed by atoms with Crippen molar-refractivity contribution in [2.75, 3.05) is 11.9 Å². The first-order valence-corrected chi connectivity index (χ1v) is 8.46. The van der Waals surface area contributed by atoms with Crippen LogP contribution < -0.4 is 16.0 Å². The van der Waals surface area contributed by atoms with Crippen molar-refractivity contribution >= 4 is 17.9 Å².